The maximum Gasteiger partial charge on any atom is -0.0533 e. The Labute approximate surface area is 127 Å². The first kappa shape index (κ1) is 30.3. The first-order chi connectivity index (χ1) is 5.91. The van der Waals surface area contributed by atoms with Crippen molar-refractivity contribution in [2.45, 2.75) is 78.1 Å². The molecule has 0 bridgehead atoms. The minimum Gasteiger partial charge on any atom is -0.147 e. The Hall–Kier alpha value is 1.16. The molecule has 16 heavy (non-hydrogen) atoms. The Balaban J connectivity index is -0.000000101. The van der Waals surface area contributed by atoms with Crippen molar-refractivity contribution in [1.82, 2.24) is 0 Å². The third-order valence-corrected chi connectivity index (χ3v) is 2.46. The summed E-state index contributed by atoms with van der Waals surface area (Å²) in [6, 6.07) is 0. The molecule has 0 rings (SSSR count). The average Bonchev–Trinajstić information content (AvgIpc) is 2.10. The summed E-state index contributed by atoms with van der Waals surface area (Å²) in [5, 5.41) is 0. The molecule has 0 aliphatic carbocycles. The summed E-state index contributed by atoms with van der Waals surface area (Å²) in [5.41, 5.74) is 0. The first-order valence-corrected chi connectivity index (χ1v) is 5.91. The van der Waals surface area contributed by atoms with Crippen molar-refractivity contribution < 1.29 is 0 Å². The maximum absolute atomic E-state index is 2.28. The molecule has 0 aromatic carbocycles. The van der Waals surface area contributed by atoms with Crippen LogP contribution in [0, 0.1) is 0 Å². The summed E-state index contributed by atoms with van der Waals surface area (Å²) in [7, 11) is 0. The van der Waals surface area contributed by atoms with Gasteiger partial charge >= 0.3 is 0 Å². The summed E-state index contributed by atoms with van der Waals surface area (Å²) in [6.07, 6.45) is 14.4. The molecule has 0 N–H and O–H groups in total. The zero-order valence-electron chi connectivity index (χ0n) is 10.7. The van der Waals surface area contributed by atoms with E-state index in [0.717, 1.165) is 0 Å². The zero-order valence-corrected chi connectivity index (χ0v) is 14.0. The zero-order chi connectivity index (χ0) is 9.07. The molecule has 4 heteroatoms. The van der Waals surface area contributed by atoms with E-state index in [2.05, 4.69) is 13.8 Å². The molecule has 0 aliphatic rings. The van der Waals surface area contributed by atoms with Gasteiger partial charge in [0, 0.05) is 0 Å². The molecular weight excluding hydrogens is 286 g/mol. The monoisotopic (exact) mass is 314 g/mol. The lowest BCUT2D eigenvalue weighted by atomic mass is 10.1. The van der Waals surface area contributed by atoms with Crippen LogP contribution in [0.1, 0.15) is 78.1 Å². The number of hydrogen-bond donors (Lipinski definition) is 0. The molecule has 0 spiro atoms. The standard InChI is InChI=1S/C12H26.4ClH/c1-3-5-7-9-11-12-10-8-6-4-2;;;;/h3-12H2,1-2H3;4*1H. The highest BCUT2D eigenvalue weighted by Crippen LogP contribution is 2.09. The molecule has 0 nitrogen and oxygen atoms in total. The van der Waals surface area contributed by atoms with Crippen LogP contribution in [0.3, 0.4) is 0 Å². The maximum atomic E-state index is 2.28. The largest absolute Gasteiger partial charge is 0.147 e. The van der Waals surface area contributed by atoms with Crippen LogP contribution in [0.4, 0.5) is 0 Å². The molecule has 0 unspecified atom stereocenters. The van der Waals surface area contributed by atoms with Gasteiger partial charge in [-0.1, -0.05) is 78.1 Å². The van der Waals surface area contributed by atoms with Gasteiger partial charge < -0.3 is 0 Å². The predicted molar refractivity (Wildman–Crippen MR) is 86.5 cm³/mol. The molecule has 0 saturated heterocycles. The van der Waals surface area contributed by atoms with Crippen molar-refractivity contribution in [3.8, 4) is 0 Å². The van der Waals surface area contributed by atoms with Crippen LogP contribution in [-0.2, 0) is 0 Å². The predicted octanol–water partition coefficient (Wildman–Crippen LogP) is 6.61. The molecule has 0 radical (unpaired) electrons. The van der Waals surface area contributed by atoms with Gasteiger partial charge in [0.05, 0.1) is 0 Å². The lowest BCUT2D eigenvalue weighted by Crippen LogP contribution is -1.80. The van der Waals surface area contributed by atoms with E-state index < -0.39 is 0 Å². The molecule has 0 atom stereocenters. The van der Waals surface area contributed by atoms with Crippen molar-refractivity contribution in [3.63, 3.8) is 0 Å². The van der Waals surface area contributed by atoms with Gasteiger partial charge in [0.15, 0.2) is 0 Å². The first-order valence-electron chi connectivity index (χ1n) is 5.91. The van der Waals surface area contributed by atoms with Gasteiger partial charge in [0.25, 0.3) is 0 Å². The second-order valence-corrected chi connectivity index (χ2v) is 3.83. The van der Waals surface area contributed by atoms with E-state index >= 15 is 0 Å². The molecule has 0 saturated carbocycles. The number of rotatable bonds is 9. The average molecular weight is 316 g/mol. The normalized spacial score (nSPS) is 7.88. The Morgan fingerprint density at radius 2 is 0.562 bits per heavy atom. The topological polar surface area (TPSA) is 0 Å². The SMILES string of the molecule is CCCCCCCCCCCC.Cl.Cl.Cl.Cl. The Bertz CT molecular complexity index is 69.4. The van der Waals surface area contributed by atoms with Crippen molar-refractivity contribution in [3.05, 3.63) is 0 Å². The van der Waals surface area contributed by atoms with Crippen LogP contribution in [0.25, 0.3) is 0 Å². The van der Waals surface area contributed by atoms with E-state index in [4.69, 9.17) is 0 Å². The molecule has 106 valence electrons. The molecule has 0 amide bonds. The van der Waals surface area contributed by atoms with E-state index in [1.54, 1.807) is 0 Å². The lowest BCUT2D eigenvalue weighted by molar-refractivity contribution is 0.562. The Morgan fingerprint density at radius 1 is 0.375 bits per heavy atom. The van der Waals surface area contributed by atoms with Crippen LogP contribution in [-0.4, -0.2) is 0 Å². The van der Waals surface area contributed by atoms with Crippen LogP contribution in [0.2, 0.25) is 0 Å². The second-order valence-electron chi connectivity index (χ2n) is 3.83. The second kappa shape index (κ2) is 29.8. The summed E-state index contributed by atoms with van der Waals surface area (Å²) in [6.45, 7) is 4.56. The van der Waals surface area contributed by atoms with Crippen LogP contribution in [0.15, 0.2) is 0 Å². The van der Waals surface area contributed by atoms with Gasteiger partial charge in [-0.25, -0.2) is 0 Å². The molecule has 0 fully saturated rings. The van der Waals surface area contributed by atoms with Crippen molar-refractivity contribution in [2.75, 3.05) is 0 Å². The van der Waals surface area contributed by atoms with Gasteiger partial charge in [-0.05, 0) is 0 Å². The fourth-order valence-corrected chi connectivity index (χ4v) is 1.56. The number of unbranched alkanes of at least 4 members (excludes halogenated alkanes) is 9. The van der Waals surface area contributed by atoms with Gasteiger partial charge in [0.2, 0.25) is 0 Å². The number of hydrogen-bond acceptors (Lipinski definition) is 0. The van der Waals surface area contributed by atoms with E-state index in [0.29, 0.717) is 0 Å². The smallest absolute Gasteiger partial charge is 0.0533 e. The van der Waals surface area contributed by atoms with E-state index in [1.165, 1.54) is 64.2 Å². The van der Waals surface area contributed by atoms with Crippen LogP contribution in [0.5, 0.6) is 0 Å². The molecule has 0 aromatic heterocycles. The molecule has 0 aliphatic heterocycles. The minimum absolute atomic E-state index is 0. The van der Waals surface area contributed by atoms with E-state index in [-0.39, 0.29) is 49.6 Å². The van der Waals surface area contributed by atoms with Crippen molar-refractivity contribution in [1.29, 1.82) is 0 Å². The van der Waals surface area contributed by atoms with Crippen molar-refractivity contribution >= 4 is 49.6 Å². The highest BCUT2D eigenvalue weighted by Gasteiger charge is 1.90. The Morgan fingerprint density at radius 3 is 0.750 bits per heavy atom. The van der Waals surface area contributed by atoms with E-state index in [9.17, 15) is 0 Å². The molecule has 0 heterocycles. The summed E-state index contributed by atoms with van der Waals surface area (Å²) < 4.78 is 0. The highest BCUT2D eigenvalue weighted by molar-refractivity contribution is 5.86. The fourth-order valence-electron chi connectivity index (χ4n) is 1.56. The summed E-state index contributed by atoms with van der Waals surface area (Å²) in [4.78, 5) is 0. The fraction of sp³-hybridized carbons (Fsp3) is 1.00. The van der Waals surface area contributed by atoms with Gasteiger partial charge in [-0.3, -0.25) is 0 Å². The van der Waals surface area contributed by atoms with Gasteiger partial charge in [-0.15, -0.1) is 49.6 Å². The molecule has 0 aromatic rings. The van der Waals surface area contributed by atoms with Gasteiger partial charge in [-0.2, -0.15) is 0 Å². The van der Waals surface area contributed by atoms with Crippen LogP contribution >= 0.6 is 49.6 Å². The third kappa shape index (κ3) is 29.4. The van der Waals surface area contributed by atoms with Crippen LogP contribution < -0.4 is 0 Å². The quantitative estimate of drug-likeness (QED) is 0.420. The molecular formula is C12H30Cl4. The highest BCUT2D eigenvalue weighted by atomic mass is 35.5. The lowest BCUT2D eigenvalue weighted by Gasteiger charge is -1.99. The third-order valence-electron chi connectivity index (χ3n) is 2.46. The minimum atomic E-state index is 0. The van der Waals surface area contributed by atoms with Crippen molar-refractivity contribution in [2.24, 2.45) is 0 Å². The summed E-state index contributed by atoms with van der Waals surface area (Å²) in [5.74, 6) is 0. The Kier molecular flexibility index (Phi) is 56.5. The summed E-state index contributed by atoms with van der Waals surface area (Å²) >= 11 is 0. The number of halogens is 4. The van der Waals surface area contributed by atoms with Gasteiger partial charge in [0.1, 0.15) is 0 Å². The van der Waals surface area contributed by atoms with E-state index in [1.807, 2.05) is 0 Å².